The molecule has 0 aliphatic rings. The van der Waals surface area contributed by atoms with Crippen LogP contribution >= 0.6 is 15.9 Å². The molecule has 1 aromatic carbocycles. The number of hydrogen-bond acceptors (Lipinski definition) is 2. The molecule has 0 radical (unpaired) electrons. The average molecular weight is 327 g/mol. The van der Waals surface area contributed by atoms with Crippen LogP contribution in [0.15, 0.2) is 28.7 Å². The summed E-state index contributed by atoms with van der Waals surface area (Å²) in [6, 6.07) is 8.17. The number of hydrogen-bond donors (Lipinski definition) is 2. The van der Waals surface area contributed by atoms with Crippen LogP contribution in [0.1, 0.15) is 45.7 Å². The van der Waals surface area contributed by atoms with Crippen LogP contribution in [0.25, 0.3) is 0 Å². The lowest BCUT2D eigenvalue weighted by Gasteiger charge is -2.25. The van der Waals surface area contributed by atoms with Crippen molar-refractivity contribution >= 4 is 21.8 Å². The Bertz CT molecular complexity index is 432. The smallest absolute Gasteiger partial charge is 0.234 e. The van der Waals surface area contributed by atoms with E-state index in [9.17, 15) is 4.79 Å². The molecule has 2 N–H and O–H groups in total. The van der Waals surface area contributed by atoms with Gasteiger partial charge in [-0.15, -0.1) is 0 Å². The Labute approximate surface area is 124 Å². The third kappa shape index (κ3) is 5.33. The zero-order chi connectivity index (χ0) is 14.5. The molecular weight excluding hydrogens is 304 g/mol. The molecular formula is C15H23BrN2O. The lowest BCUT2D eigenvalue weighted by molar-refractivity contribution is -0.122. The van der Waals surface area contributed by atoms with Gasteiger partial charge in [-0.25, -0.2) is 0 Å². The van der Waals surface area contributed by atoms with E-state index >= 15 is 0 Å². The van der Waals surface area contributed by atoms with Gasteiger partial charge >= 0.3 is 0 Å². The Morgan fingerprint density at radius 1 is 1.37 bits per heavy atom. The third-order valence-electron chi connectivity index (χ3n) is 3.30. The summed E-state index contributed by atoms with van der Waals surface area (Å²) >= 11 is 3.52. The zero-order valence-electron chi connectivity index (χ0n) is 12.1. The van der Waals surface area contributed by atoms with Crippen LogP contribution in [0.2, 0.25) is 0 Å². The molecule has 1 aromatic rings. The summed E-state index contributed by atoms with van der Waals surface area (Å²) in [4.78, 5) is 11.9. The van der Waals surface area contributed by atoms with Crippen molar-refractivity contribution in [2.75, 3.05) is 6.54 Å². The van der Waals surface area contributed by atoms with E-state index in [1.165, 1.54) is 0 Å². The van der Waals surface area contributed by atoms with Crippen molar-refractivity contribution in [1.29, 1.82) is 0 Å². The maximum atomic E-state index is 11.9. The molecule has 0 saturated carbocycles. The molecule has 1 amide bonds. The second-order valence-electron chi connectivity index (χ2n) is 5.41. The van der Waals surface area contributed by atoms with Crippen LogP contribution in [0.3, 0.4) is 0 Å². The SMILES string of the molecule is CCC(C)(C)NC(=O)CN[C@@H](C)c1ccccc1Br. The maximum Gasteiger partial charge on any atom is 0.234 e. The van der Waals surface area contributed by atoms with Gasteiger partial charge in [-0.2, -0.15) is 0 Å². The zero-order valence-corrected chi connectivity index (χ0v) is 13.7. The number of nitrogens with one attached hydrogen (secondary N) is 2. The number of rotatable bonds is 6. The van der Waals surface area contributed by atoms with Crippen molar-refractivity contribution in [1.82, 2.24) is 10.6 Å². The highest BCUT2D eigenvalue weighted by Crippen LogP contribution is 2.22. The standard InChI is InChI=1S/C15H23BrN2O/c1-5-15(3,4)18-14(19)10-17-11(2)12-8-6-7-9-13(12)16/h6-9,11,17H,5,10H2,1-4H3,(H,18,19)/t11-/m0/s1. The molecule has 0 aromatic heterocycles. The third-order valence-corrected chi connectivity index (χ3v) is 4.02. The Balaban J connectivity index is 2.49. The summed E-state index contributed by atoms with van der Waals surface area (Å²) in [5, 5.41) is 6.26. The lowest BCUT2D eigenvalue weighted by Crippen LogP contribution is -2.46. The van der Waals surface area contributed by atoms with Gasteiger partial charge in [-0.05, 0) is 38.8 Å². The summed E-state index contributed by atoms with van der Waals surface area (Å²) in [6.07, 6.45) is 0.915. The van der Waals surface area contributed by atoms with Crippen molar-refractivity contribution in [3.05, 3.63) is 34.3 Å². The summed E-state index contributed by atoms with van der Waals surface area (Å²) in [6.45, 7) is 8.51. The number of halogens is 1. The maximum absolute atomic E-state index is 11.9. The predicted molar refractivity (Wildman–Crippen MR) is 83.1 cm³/mol. The van der Waals surface area contributed by atoms with E-state index in [2.05, 4.69) is 46.5 Å². The van der Waals surface area contributed by atoms with Crippen molar-refractivity contribution in [2.24, 2.45) is 0 Å². The van der Waals surface area contributed by atoms with E-state index in [0.29, 0.717) is 6.54 Å². The molecule has 0 heterocycles. The number of benzene rings is 1. The molecule has 0 saturated heterocycles. The quantitative estimate of drug-likeness (QED) is 0.841. The summed E-state index contributed by atoms with van der Waals surface area (Å²) < 4.78 is 1.06. The van der Waals surface area contributed by atoms with Gasteiger partial charge in [0.05, 0.1) is 6.54 Å². The molecule has 4 heteroatoms. The van der Waals surface area contributed by atoms with E-state index in [4.69, 9.17) is 0 Å². The summed E-state index contributed by atoms with van der Waals surface area (Å²) in [5.74, 6) is 0.0331. The van der Waals surface area contributed by atoms with Gasteiger partial charge in [-0.1, -0.05) is 41.1 Å². The first-order valence-corrected chi connectivity index (χ1v) is 7.44. The molecule has 0 unspecified atom stereocenters. The minimum atomic E-state index is -0.144. The van der Waals surface area contributed by atoms with E-state index in [0.717, 1.165) is 16.5 Å². The number of carbonyl (C=O) groups is 1. The highest BCUT2D eigenvalue weighted by atomic mass is 79.9. The minimum Gasteiger partial charge on any atom is -0.350 e. The van der Waals surface area contributed by atoms with Crippen LogP contribution in [-0.4, -0.2) is 18.0 Å². The van der Waals surface area contributed by atoms with E-state index in [1.807, 2.05) is 32.0 Å². The van der Waals surface area contributed by atoms with Crippen LogP contribution in [0.5, 0.6) is 0 Å². The fourth-order valence-corrected chi connectivity index (χ4v) is 2.32. The molecule has 1 atom stereocenters. The van der Waals surface area contributed by atoms with Gasteiger partial charge in [0, 0.05) is 16.1 Å². The molecule has 106 valence electrons. The Hall–Kier alpha value is -0.870. The monoisotopic (exact) mass is 326 g/mol. The van der Waals surface area contributed by atoms with Crippen LogP contribution in [0, 0.1) is 0 Å². The first-order chi connectivity index (χ1) is 8.85. The molecule has 3 nitrogen and oxygen atoms in total. The molecule has 0 fully saturated rings. The fraction of sp³-hybridized carbons (Fsp3) is 0.533. The van der Waals surface area contributed by atoms with Gasteiger partial charge in [-0.3, -0.25) is 4.79 Å². The normalized spacial score (nSPS) is 13.1. The van der Waals surface area contributed by atoms with E-state index in [-0.39, 0.29) is 17.5 Å². The Morgan fingerprint density at radius 2 is 2.00 bits per heavy atom. The van der Waals surface area contributed by atoms with Crippen molar-refractivity contribution in [2.45, 2.75) is 45.7 Å². The summed E-state index contributed by atoms with van der Waals surface area (Å²) in [5.41, 5.74) is 1.01. The van der Waals surface area contributed by atoms with Gasteiger partial charge in [0.2, 0.25) is 5.91 Å². The highest BCUT2D eigenvalue weighted by molar-refractivity contribution is 9.10. The highest BCUT2D eigenvalue weighted by Gasteiger charge is 2.18. The Morgan fingerprint density at radius 3 is 2.58 bits per heavy atom. The van der Waals surface area contributed by atoms with E-state index in [1.54, 1.807) is 0 Å². The van der Waals surface area contributed by atoms with Crippen LogP contribution in [-0.2, 0) is 4.79 Å². The molecule has 1 rings (SSSR count). The predicted octanol–water partition coefficient (Wildman–Crippen LogP) is 3.40. The molecule has 0 bridgehead atoms. The topological polar surface area (TPSA) is 41.1 Å². The largest absolute Gasteiger partial charge is 0.350 e. The molecule has 0 spiro atoms. The first kappa shape index (κ1) is 16.2. The number of amides is 1. The second kappa shape index (κ2) is 7.06. The van der Waals surface area contributed by atoms with Gasteiger partial charge in [0.1, 0.15) is 0 Å². The lowest BCUT2D eigenvalue weighted by atomic mass is 10.0. The first-order valence-electron chi connectivity index (χ1n) is 6.64. The second-order valence-corrected chi connectivity index (χ2v) is 6.26. The van der Waals surface area contributed by atoms with Crippen molar-refractivity contribution < 1.29 is 4.79 Å². The molecule has 0 aliphatic carbocycles. The van der Waals surface area contributed by atoms with Gasteiger partial charge < -0.3 is 10.6 Å². The van der Waals surface area contributed by atoms with E-state index < -0.39 is 0 Å². The van der Waals surface area contributed by atoms with Gasteiger partial charge in [0.15, 0.2) is 0 Å². The van der Waals surface area contributed by atoms with Crippen LogP contribution < -0.4 is 10.6 Å². The Kier molecular flexibility index (Phi) is 6.01. The average Bonchev–Trinajstić information content (AvgIpc) is 2.36. The molecule has 0 aliphatic heterocycles. The van der Waals surface area contributed by atoms with Crippen molar-refractivity contribution in [3.63, 3.8) is 0 Å². The number of carbonyl (C=O) groups excluding carboxylic acids is 1. The summed E-state index contributed by atoms with van der Waals surface area (Å²) in [7, 11) is 0. The van der Waals surface area contributed by atoms with Gasteiger partial charge in [0.25, 0.3) is 0 Å². The molecule has 19 heavy (non-hydrogen) atoms. The fourth-order valence-electron chi connectivity index (χ4n) is 1.69. The van der Waals surface area contributed by atoms with Crippen LogP contribution in [0.4, 0.5) is 0 Å². The minimum absolute atomic E-state index is 0.0331. The van der Waals surface area contributed by atoms with Crippen molar-refractivity contribution in [3.8, 4) is 0 Å².